The van der Waals surface area contributed by atoms with E-state index in [1.54, 1.807) is 18.0 Å². The Morgan fingerprint density at radius 3 is 3.09 bits per heavy atom. The Morgan fingerprint density at radius 2 is 2.32 bits per heavy atom. The summed E-state index contributed by atoms with van der Waals surface area (Å²) < 4.78 is 3.04. The molecule has 0 radical (unpaired) electrons. The lowest BCUT2D eigenvalue weighted by Crippen LogP contribution is -2.12. The molecule has 0 unspecified atom stereocenters. The third kappa shape index (κ3) is 3.48. The molecule has 0 atom stereocenters. The Kier molecular flexibility index (Phi) is 4.44. The van der Waals surface area contributed by atoms with E-state index >= 15 is 0 Å². The van der Waals surface area contributed by atoms with Crippen molar-refractivity contribution >= 4 is 44.4 Å². The van der Waals surface area contributed by atoms with Gasteiger partial charge >= 0.3 is 0 Å². The number of imidazole rings is 1. The predicted molar refractivity (Wildman–Crippen MR) is 91.5 cm³/mol. The van der Waals surface area contributed by atoms with E-state index in [-0.39, 0.29) is 5.91 Å². The number of fused-ring (bicyclic) bond motifs is 1. The molecule has 2 heterocycles. The first-order valence-corrected chi connectivity index (χ1v) is 8.69. The molecular weight excluding hydrogens is 316 g/mol. The van der Waals surface area contributed by atoms with Crippen LogP contribution in [0.25, 0.3) is 10.2 Å². The van der Waals surface area contributed by atoms with E-state index in [9.17, 15) is 4.79 Å². The first-order chi connectivity index (χ1) is 10.6. The fraction of sp³-hybridized carbons (Fsp3) is 0.267. The highest BCUT2D eigenvalue weighted by Crippen LogP contribution is 2.26. The molecule has 22 heavy (non-hydrogen) atoms. The number of amides is 1. The zero-order valence-corrected chi connectivity index (χ0v) is 14.0. The number of anilines is 1. The number of hydrogen-bond donors (Lipinski definition) is 1. The first kappa shape index (κ1) is 15.1. The summed E-state index contributed by atoms with van der Waals surface area (Å²) in [5.74, 6) is 0.679. The number of nitrogens with zero attached hydrogens (tertiary/aromatic N) is 3. The van der Waals surface area contributed by atoms with Gasteiger partial charge in [0.15, 0.2) is 10.3 Å². The minimum absolute atomic E-state index is 0.0162. The molecule has 1 N–H and O–H groups in total. The van der Waals surface area contributed by atoms with E-state index in [0.29, 0.717) is 17.3 Å². The Bertz CT molecular complexity index is 809. The molecule has 0 saturated carbocycles. The van der Waals surface area contributed by atoms with Crippen molar-refractivity contribution in [3.8, 4) is 0 Å². The number of rotatable bonds is 5. The highest BCUT2D eigenvalue weighted by atomic mass is 32.2. The van der Waals surface area contributed by atoms with Crippen LogP contribution < -0.4 is 5.32 Å². The summed E-state index contributed by atoms with van der Waals surface area (Å²) in [5.41, 5.74) is 2.12. The molecule has 0 spiro atoms. The maximum atomic E-state index is 12.0. The molecule has 7 heteroatoms. The molecule has 2 aromatic heterocycles. The van der Waals surface area contributed by atoms with Crippen LogP contribution in [0.1, 0.15) is 12.0 Å². The van der Waals surface area contributed by atoms with Crippen molar-refractivity contribution in [3.05, 3.63) is 36.2 Å². The highest BCUT2D eigenvalue weighted by molar-refractivity contribution is 7.99. The third-order valence-electron chi connectivity index (χ3n) is 3.13. The van der Waals surface area contributed by atoms with Crippen LogP contribution in [0, 0.1) is 6.92 Å². The van der Waals surface area contributed by atoms with Crippen molar-refractivity contribution < 1.29 is 4.79 Å². The van der Waals surface area contributed by atoms with Crippen molar-refractivity contribution in [3.63, 3.8) is 0 Å². The molecule has 0 fully saturated rings. The van der Waals surface area contributed by atoms with Crippen LogP contribution in [0.2, 0.25) is 0 Å². The van der Waals surface area contributed by atoms with E-state index in [1.807, 2.05) is 36.9 Å². The quantitative estimate of drug-likeness (QED) is 0.727. The van der Waals surface area contributed by atoms with E-state index in [0.717, 1.165) is 15.4 Å². The number of aryl methyl sites for hydroxylation is 2. The van der Waals surface area contributed by atoms with Gasteiger partial charge in [0, 0.05) is 31.6 Å². The minimum atomic E-state index is -0.0162. The average molecular weight is 332 g/mol. The van der Waals surface area contributed by atoms with Gasteiger partial charge in [0.2, 0.25) is 5.91 Å². The lowest BCUT2D eigenvalue weighted by molar-refractivity contribution is -0.115. The summed E-state index contributed by atoms with van der Waals surface area (Å²) >= 11 is 3.08. The Labute approximate surface area is 136 Å². The number of aromatic nitrogens is 3. The molecule has 0 aliphatic rings. The number of carbonyl (C=O) groups is 1. The lowest BCUT2D eigenvalue weighted by atomic mass is 10.2. The molecule has 1 amide bonds. The number of thioether (sulfide) groups is 1. The molecule has 1 aromatic carbocycles. The summed E-state index contributed by atoms with van der Waals surface area (Å²) in [7, 11) is 1.94. The molecule has 0 aliphatic heterocycles. The zero-order chi connectivity index (χ0) is 15.5. The van der Waals surface area contributed by atoms with Crippen molar-refractivity contribution in [2.45, 2.75) is 18.5 Å². The second-order valence-electron chi connectivity index (χ2n) is 4.96. The van der Waals surface area contributed by atoms with Gasteiger partial charge in [0.1, 0.15) is 0 Å². The number of carbonyl (C=O) groups excluding carboxylic acids is 1. The maximum absolute atomic E-state index is 12.0. The maximum Gasteiger partial charge on any atom is 0.226 e. The van der Waals surface area contributed by atoms with Gasteiger partial charge in [-0.2, -0.15) is 0 Å². The van der Waals surface area contributed by atoms with Crippen molar-refractivity contribution in [2.75, 3.05) is 11.1 Å². The fourth-order valence-electron chi connectivity index (χ4n) is 1.99. The Balaban J connectivity index is 1.55. The second kappa shape index (κ2) is 6.50. The van der Waals surface area contributed by atoms with Crippen molar-refractivity contribution in [2.24, 2.45) is 7.05 Å². The molecule has 5 nitrogen and oxygen atoms in total. The normalized spacial score (nSPS) is 11.0. The molecule has 3 rings (SSSR count). The molecule has 0 saturated heterocycles. The van der Waals surface area contributed by atoms with Crippen molar-refractivity contribution in [1.29, 1.82) is 0 Å². The van der Waals surface area contributed by atoms with Crippen LogP contribution in [0.4, 0.5) is 5.13 Å². The Hall–Kier alpha value is -1.86. The van der Waals surface area contributed by atoms with Gasteiger partial charge in [0.25, 0.3) is 0 Å². The molecular formula is C15H16N4OS2. The van der Waals surface area contributed by atoms with Crippen LogP contribution in [-0.4, -0.2) is 26.2 Å². The van der Waals surface area contributed by atoms with Gasteiger partial charge in [-0.15, -0.1) is 0 Å². The van der Waals surface area contributed by atoms with Crippen molar-refractivity contribution in [1.82, 2.24) is 14.5 Å². The fourth-order valence-corrected chi connectivity index (χ4v) is 3.84. The third-order valence-corrected chi connectivity index (χ3v) is 5.12. The molecule has 0 bridgehead atoms. The minimum Gasteiger partial charge on any atom is -0.329 e. The number of nitrogens with one attached hydrogen (secondary N) is 1. The lowest BCUT2D eigenvalue weighted by Gasteiger charge is -2.02. The van der Waals surface area contributed by atoms with Crippen LogP contribution in [0.3, 0.4) is 0 Å². The average Bonchev–Trinajstić information content (AvgIpc) is 3.04. The molecule has 114 valence electrons. The van der Waals surface area contributed by atoms with Gasteiger partial charge < -0.3 is 9.88 Å². The molecule has 3 aromatic rings. The van der Waals surface area contributed by atoms with E-state index in [2.05, 4.69) is 21.4 Å². The van der Waals surface area contributed by atoms with Crippen LogP contribution >= 0.6 is 23.1 Å². The van der Waals surface area contributed by atoms with Crippen LogP contribution in [-0.2, 0) is 11.8 Å². The first-order valence-electron chi connectivity index (χ1n) is 6.89. The second-order valence-corrected chi connectivity index (χ2v) is 7.05. The van der Waals surface area contributed by atoms with E-state index in [1.165, 1.54) is 16.9 Å². The topological polar surface area (TPSA) is 59.8 Å². The number of benzene rings is 1. The monoisotopic (exact) mass is 332 g/mol. The van der Waals surface area contributed by atoms with Gasteiger partial charge in [-0.1, -0.05) is 29.2 Å². The van der Waals surface area contributed by atoms with Gasteiger partial charge in [-0.25, -0.2) is 9.97 Å². The summed E-state index contributed by atoms with van der Waals surface area (Å²) in [6.45, 7) is 2.05. The number of hydrogen-bond acceptors (Lipinski definition) is 5. The van der Waals surface area contributed by atoms with Gasteiger partial charge in [-0.05, 0) is 24.6 Å². The van der Waals surface area contributed by atoms with Crippen LogP contribution in [0.15, 0.2) is 35.7 Å². The largest absolute Gasteiger partial charge is 0.329 e. The molecule has 0 aliphatic carbocycles. The summed E-state index contributed by atoms with van der Waals surface area (Å²) in [6, 6.07) is 6.09. The highest BCUT2D eigenvalue weighted by Gasteiger charge is 2.09. The zero-order valence-electron chi connectivity index (χ0n) is 12.4. The van der Waals surface area contributed by atoms with E-state index in [4.69, 9.17) is 0 Å². The van der Waals surface area contributed by atoms with E-state index < -0.39 is 0 Å². The van der Waals surface area contributed by atoms with Gasteiger partial charge in [-0.3, -0.25) is 4.79 Å². The Morgan fingerprint density at radius 1 is 1.45 bits per heavy atom. The predicted octanol–water partition coefficient (Wildman–Crippen LogP) is 3.46. The smallest absolute Gasteiger partial charge is 0.226 e. The summed E-state index contributed by atoms with van der Waals surface area (Å²) in [4.78, 5) is 20.6. The number of thiazole rings is 1. The van der Waals surface area contributed by atoms with Crippen LogP contribution in [0.5, 0.6) is 0 Å². The summed E-state index contributed by atoms with van der Waals surface area (Å²) in [6.07, 6.45) is 4.09. The summed E-state index contributed by atoms with van der Waals surface area (Å²) in [5, 5.41) is 4.45. The van der Waals surface area contributed by atoms with Gasteiger partial charge in [0.05, 0.1) is 10.2 Å². The standard InChI is InChI=1S/C15H16N4OS2/c1-10-3-4-11-12(9-10)22-14(17-11)18-13(20)5-8-21-15-16-6-7-19(15)2/h3-4,6-7,9H,5,8H2,1-2H3,(H,17,18,20). The SMILES string of the molecule is Cc1ccc2nc(NC(=O)CCSc3nccn3C)sc2c1.